The lowest BCUT2D eigenvalue weighted by atomic mass is 10.1. The van der Waals surface area contributed by atoms with Gasteiger partial charge in [-0.15, -0.1) is 0 Å². The van der Waals surface area contributed by atoms with Crippen molar-refractivity contribution in [2.24, 2.45) is 0 Å². The second-order valence-electron chi connectivity index (χ2n) is 4.61. The van der Waals surface area contributed by atoms with Gasteiger partial charge in [0.15, 0.2) is 0 Å². The van der Waals surface area contributed by atoms with E-state index in [1.165, 1.54) is 12.1 Å². The molecule has 0 bridgehead atoms. The van der Waals surface area contributed by atoms with Crippen LogP contribution in [0.3, 0.4) is 0 Å². The number of aryl methyl sites for hydroxylation is 1. The standard InChI is InChI=1S/C15H15F3N2O/c1-9-7-11(21-2)4-6-14(9)20-10-3-5-13(19)12(8-10)15(16,17)18/h3-8,20H,19H2,1-2H3. The Hall–Kier alpha value is -2.37. The van der Waals surface area contributed by atoms with E-state index in [2.05, 4.69) is 5.32 Å². The molecule has 0 heterocycles. The van der Waals surface area contributed by atoms with Gasteiger partial charge in [-0.05, 0) is 48.9 Å². The molecule has 3 nitrogen and oxygen atoms in total. The largest absolute Gasteiger partial charge is 0.497 e. The summed E-state index contributed by atoms with van der Waals surface area (Å²) in [6, 6.07) is 9.02. The molecule has 0 aliphatic heterocycles. The Morgan fingerprint density at radius 1 is 1.10 bits per heavy atom. The molecule has 0 saturated heterocycles. The van der Waals surface area contributed by atoms with E-state index in [0.29, 0.717) is 17.1 Å². The first-order chi connectivity index (χ1) is 9.81. The number of hydrogen-bond acceptors (Lipinski definition) is 3. The molecule has 0 aliphatic rings. The highest BCUT2D eigenvalue weighted by Crippen LogP contribution is 2.36. The number of methoxy groups -OCH3 is 1. The molecule has 0 aliphatic carbocycles. The zero-order chi connectivity index (χ0) is 15.6. The van der Waals surface area contributed by atoms with Crippen molar-refractivity contribution in [3.8, 4) is 5.75 Å². The number of ether oxygens (including phenoxy) is 1. The Morgan fingerprint density at radius 2 is 1.81 bits per heavy atom. The van der Waals surface area contributed by atoms with Gasteiger partial charge in [-0.1, -0.05) is 0 Å². The van der Waals surface area contributed by atoms with Crippen molar-refractivity contribution in [2.75, 3.05) is 18.2 Å². The lowest BCUT2D eigenvalue weighted by molar-refractivity contribution is -0.136. The summed E-state index contributed by atoms with van der Waals surface area (Å²) < 4.78 is 43.6. The van der Waals surface area contributed by atoms with Gasteiger partial charge in [-0.25, -0.2) is 0 Å². The van der Waals surface area contributed by atoms with E-state index in [9.17, 15) is 13.2 Å². The quantitative estimate of drug-likeness (QED) is 0.828. The third kappa shape index (κ3) is 3.39. The first kappa shape index (κ1) is 15.0. The zero-order valence-electron chi connectivity index (χ0n) is 11.6. The van der Waals surface area contributed by atoms with E-state index in [1.807, 2.05) is 6.92 Å². The fourth-order valence-corrected chi connectivity index (χ4v) is 1.94. The Balaban J connectivity index is 2.32. The predicted molar refractivity (Wildman–Crippen MR) is 76.9 cm³/mol. The molecule has 2 rings (SSSR count). The highest BCUT2D eigenvalue weighted by Gasteiger charge is 2.33. The van der Waals surface area contributed by atoms with Crippen LogP contribution in [0.15, 0.2) is 36.4 Å². The molecule has 0 fully saturated rings. The van der Waals surface area contributed by atoms with Crippen LogP contribution in [-0.2, 0) is 6.18 Å². The molecule has 2 aromatic rings. The zero-order valence-corrected chi connectivity index (χ0v) is 11.6. The van der Waals surface area contributed by atoms with E-state index in [-0.39, 0.29) is 5.69 Å². The van der Waals surface area contributed by atoms with Crippen LogP contribution in [0.2, 0.25) is 0 Å². The molecule has 0 unspecified atom stereocenters. The van der Waals surface area contributed by atoms with Crippen LogP contribution in [0, 0.1) is 6.92 Å². The van der Waals surface area contributed by atoms with E-state index >= 15 is 0 Å². The normalized spacial score (nSPS) is 11.3. The Labute approximate surface area is 120 Å². The molecule has 21 heavy (non-hydrogen) atoms. The molecule has 2 aromatic carbocycles. The molecular formula is C15H15F3N2O. The lowest BCUT2D eigenvalue weighted by Crippen LogP contribution is -2.09. The molecule has 0 saturated carbocycles. The summed E-state index contributed by atoms with van der Waals surface area (Å²) in [5, 5.41) is 2.95. The molecule has 3 N–H and O–H groups in total. The van der Waals surface area contributed by atoms with E-state index in [1.54, 1.807) is 25.3 Å². The summed E-state index contributed by atoms with van der Waals surface area (Å²) in [4.78, 5) is 0. The molecule has 0 spiro atoms. The second-order valence-corrected chi connectivity index (χ2v) is 4.61. The van der Waals surface area contributed by atoms with Gasteiger partial charge < -0.3 is 15.8 Å². The van der Waals surface area contributed by atoms with Gasteiger partial charge in [0, 0.05) is 17.1 Å². The fourth-order valence-electron chi connectivity index (χ4n) is 1.94. The highest BCUT2D eigenvalue weighted by molar-refractivity contribution is 5.67. The number of nitrogens with one attached hydrogen (secondary N) is 1. The summed E-state index contributed by atoms with van der Waals surface area (Å²) >= 11 is 0. The third-order valence-corrected chi connectivity index (χ3v) is 3.07. The monoisotopic (exact) mass is 296 g/mol. The smallest absolute Gasteiger partial charge is 0.418 e. The molecular weight excluding hydrogens is 281 g/mol. The van der Waals surface area contributed by atoms with Crippen molar-refractivity contribution in [1.29, 1.82) is 0 Å². The maximum Gasteiger partial charge on any atom is 0.418 e. The third-order valence-electron chi connectivity index (χ3n) is 3.07. The van der Waals surface area contributed by atoms with Gasteiger partial charge in [0.25, 0.3) is 0 Å². The van der Waals surface area contributed by atoms with E-state index < -0.39 is 11.7 Å². The van der Waals surface area contributed by atoms with Gasteiger partial charge >= 0.3 is 6.18 Å². The molecule has 6 heteroatoms. The van der Waals surface area contributed by atoms with E-state index in [0.717, 1.165) is 11.6 Å². The Bertz CT molecular complexity index is 654. The van der Waals surface area contributed by atoms with Gasteiger partial charge in [-0.2, -0.15) is 13.2 Å². The predicted octanol–water partition coefficient (Wildman–Crippen LogP) is 4.35. The van der Waals surface area contributed by atoms with Gasteiger partial charge in [0.05, 0.1) is 12.7 Å². The summed E-state index contributed by atoms with van der Waals surface area (Å²) in [6.45, 7) is 1.84. The topological polar surface area (TPSA) is 47.3 Å². The van der Waals surface area contributed by atoms with Crippen molar-refractivity contribution >= 4 is 17.1 Å². The number of nitrogen functional groups attached to an aromatic ring is 1. The van der Waals surface area contributed by atoms with Gasteiger partial charge in [0.1, 0.15) is 5.75 Å². The van der Waals surface area contributed by atoms with Crippen LogP contribution < -0.4 is 15.8 Å². The SMILES string of the molecule is COc1ccc(Nc2ccc(N)c(C(F)(F)F)c2)c(C)c1. The van der Waals surface area contributed by atoms with Crippen LogP contribution >= 0.6 is 0 Å². The average Bonchev–Trinajstić information content (AvgIpc) is 2.41. The molecule has 112 valence electrons. The fraction of sp³-hybridized carbons (Fsp3) is 0.200. The first-order valence-corrected chi connectivity index (χ1v) is 6.19. The van der Waals surface area contributed by atoms with Crippen LogP contribution in [0.1, 0.15) is 11.1 Å². The van der Waals surface area contributed by atoms with Crippen molar-refractivity contribution in [1.82, 2.24) is 0 Å². The number of anilines is 3. The van der Waals surface area contributed by atoms with Crippen LogP contribution in [0.4, 0.5) is 30.2 Å². The van der Waals surface area contributed by atoms with Crippen molar-refractivity contribution in [3.05, 3.63) is 47.5 Å². The van der Waals surface area contributed by atoms with Crippen LogP contribution in [-0.4, -0.2) is 7.11 Å². The van der Waals surface area contributed by atoms with Crippen molar-refractivity contribution in [3.63, 3.8) is 0 Å². The molecule has 0 amide bonds. The maximum absolute atomic E-state index is 12.8. The molecule has 0 aromatic heterocycles. The van der Waals surface area contributed by atoms with Crippen molar-refractivity contribution < 1.29 is 17.9 Å². The molecule has 0 atom stereocenters. The number of halogens is 3. The minimum atomic E-state index is -4.48. The molecule has 0 radical (unpaired) electrons. The van der Waals surface area contributed by atoms with Gasteiger partial charge in [0.2, 0.25) is 0 Å². The lowest BCUT2D eigenvalue weighted by Gasteiger charge is -2.14. The van der Waals surface area contributed by atoms with Crippen molar-refractivity contribution in [2.45, 2.75) is 13.1 Å². The summed E-state index contributed by atoms with van der Waals surface area (Å²) in [5.74, 6) is 0.686. The summed E-state index contributed by atoms with van der Waals surface area (Å²) in [5.41, 5.74) is 6.12. The number of alkyl halides is 3. The summed E-state index contributed by atoms with van der Waals surface area (Å²) in [6.07, 6.45) is -4.48. The number of rotatable bonds is 3. The van der Waals surface area contributed by atoms with Crippen LogP contribution in [0.5, 0.6) is 5.75 Å². The van der Waals surface area contributed by atoms with E-state index in [4.69, 9.17) is 10.5 Å². The van der Waals surface area contributed by atoms with Crippen LogP contribution in [0.25, 0.3) is 0 Å². The minimum absolute atomic E-state index is 0.292. The minimum Gasteiger partial charge on any atom is -0.497 e. The highest BCUT2D eigenvalue weighted by atomic mass is 19.4. The first-order valence-electron chi connectivity index (χ1n) is 6.19. The number of benzene rings is 2. The maximum atomic E-state index is 12.8. The van der Waals surface area contributed by atoms with Gasteiger partial charge in [-0.3, -0.25) is 0 Å². The second kappa shape index (κ2) is 5.55. The average molecular weight is 296 g/mol. The number of nitrogens with two attached hydrogens (primary N) is 1. The summed E-state index contributed by atoms with van der Waals surface area (Å²) in [7, 11) is 1.55. The Morgan fingerprint density at radius 3 is 2.38 bits per heavy atom. The number of hydrogen-bond donors (Lipinski definition) is 2. The Kier molecular flexibility index (Phi) is 3.97.